The molecule has 0 aliphatic heterocycles. The summed E-state index contributed by atoms with van der Waals surface area (Å²) in [6, 6.07) is 9.21. The maximum Gasteiger partial charge on any atom is 0.407 e. The molecule has 0 saturated heterocycles. The summed E-state index contributed by atoms with van der Waals surface area (Å²) in [5.41, 5.74) is 2.64. The molecule has 1 heterocycles. The Morgan fingerprint density at radius 1 is 1.13 bits per heavy atom. The third kappa shape index (κ3) is 7.15. The Hall–Kier alpha value is -3.81. The van der Waals surface area contributed by atoms with Gasteiger partial charge < -0.3 is 24.6 Å². The molecule has 2 N–H and O–H groups in total. The number of carbonyl (C=O) groups is 2. The van der Waals surface area contributed by atoms with E-state index in [4.69, 9.17) is 14.2 Å². The van der Waals surface area contributed by atoms with E-state index < -0.39 is 17.3 Å². The van der Waals surface area contributed by atoms with Crippen LogP contribution in [0.2, 0.25) is 0 Å². The van der Waals surface area contributed by atoms with E-state index in [-0.39, 0.29) is 30.8 Å². The standard InChI is InChI=1S/C30H38N2O6/c1-18(2)36-26(33)16-22-10-9-19(3)13-25(22)37-30(8)20(4)14-24(27(30)34)21-11-12-31-23(15-21)17-32-28(35)38-29(5,6)7/h9-15,18,34H,16-17H2,1-8H3,(H,32,35). The van der Waals surface area contributed by atoms with Crippen LogP contribution in [0.25, 0.3) is 5.57 Å². The average molecular weight is 523 g/mol. The fourth-order valence-corrected chi connectivity index (χ4v) is 4.02. The molecule has 8 heteroatoms. The van der Waals surface area contributed by atoms with Gasteiger partial charge in [0.05, 0.1) is 24.8 Å². The fraction of sp³-hybridized carbons (Fsp3) is 0.433. The Kier molecular flexibility index (Phi) is 8.54. The molecule has 0 fully saturated rings. The zero-order valence-electron chi connectivity index (χ0n) is 23.5. The lowest BCUT2D eigenvalue weighted by atomic mass is 9.97. The van der Waals surface area contributed by atoms with Gasteiger partial charge in [0, 0.05) is 17.3 Å². The number of amides is 1. The van der Waals surface area contributed by atoms with Gasteiger partial charge in [0.2, 0.25) is 0 Å². The molecule has 1 amide bonds. The minimum Gasteiger partial charge on any atom is -0.507 e. The van der Waals surface area contributed by atoms with E-state index in [1.54, 1.807) is 59.9 Å². The number of ether oxygens (including phenoxy) is 3. The van der Waals surface area contributed by atoms with Crippen molar-refractivity contribution in [3.05, 3.63) is 76.3 Å². The second kappa shape index (κ2) is 11.3. The zero-order valence-corrected chi connectivity index (χ0v) is 23.5. The molecular formula is C30H38N2O6. The number of pyridine rings is 1. The number of aromatic nitrogens is 1. The molecular weight excluding hydrogens is 484 g/mol. The van der Waals surface area contributed by atoms with Crippen molar-refractivity contribution in [3.63, 3.8) is 0 Å². The summed E-state index contributed by atoms with van der Waals surface area (Å²) in [4.78, 5) is 28.7. The molecule has 38 heavy (non-hydrogen) atoms. The highest BCUT2D eigenvalue weighted by atomic mass is 16.6. The van der Waals surface area contributed by atoms with Gasteiger partial charge in [-0.05, 0) is 96.4 Å². The minimum absolute atomic E-state index is 0.0458. The summed E-state index contributed by atoms with van der Waals surface area (Å²) in [5.74, 6) is 0.206. The SMILES string of the molecule is CC1=CC(c2ccnc(CNC(=O)OC(C)(C)C)c2)=C(O)C1(C)Oc1cc(C)ccc1CC(=O)OC(C)C. The van der Waals surface area contributed by atoms with Crippen LogP contribution < -0.4 is 10.1 Å². The third-order valence-electron chi connectivity index (χ3n) is 6.00. The molecule has 8 nitrogen and oxygen atoms in total. The molecule has 1 unspecified atom stereocenters. The molecule has 0 bridgehead atoms. The summed E-state index contributed by atoms with van der Waals surface area (Å²) in [6.45, 7) is 14.8. The normalized spacial score (nSPS) is 17.3. The van der Waals surface area contributed by atoms with Gasteiger partial charge in [-0.2, -0.15) is 0 Å². The molecule has 0 radical (unpaired) electrons. The van der Waals surface area contributed by atoms with E-state index in [0.29, 0.717) is 22.6 Å². The predicted molar refractivity (Wildman–Crippen MR) is 146 cm³/mol. The number of hydrogen-bond donors (Lipinski definition) is 2. The minimum atomic E-state index is -1.14. The van der Waals surface area contributed by atoms with E-state index in [2.05, 4.69) is 10.3 Å². The summed E-state index contributed by atoms with van der Waals surface area (Å²) >= 11 is 0. The average Bonchev–Trinajstić information content (AvgIpc) is 3.02. The number of hydrogen-bond acceptors (Lipinski definition) is 7. The van der Waals surface area contributed by atoms with Crippen LogP contribution in [0.4, 0.5) is 4.79 Å². The first kappa shape index (κ1) is 28.8. The monoisotopic (exact) mass is 522 g/mol. The second-order valence-corrected chi connectivity index (χ2v) is 10.9. The number of aliphatic hydroxyl groups excluding tert-OH is 1. The summed E-state index contributed by atoms with van der Waals surface area (Å²) in [7, 11) is 0. The van der Waals surface area contributed by atoms with E-state index in [1.165, 1.54) is 0 Å². The van der Waals surface area contributed by atoms with Crippen LogP contribution in [0, 0.1) is 6.92 Å². The number of nitrogens with one attached hydrogen (secondary N) is 1. The van der Waals surface area contributed by atoms with Gasteiger partial charge in [0.25, 0.3) is 0 Å². The highest BCUT2D eigenvalue weighted by Crippen LogP contribution is 2.42. The van der Waals surface area contributed by atoms with Crippen molar-refractivity contribution in [1.29, 1.82) is 0 Å². The number of aliphatic hydroxyl groups is 1. The number of benzene rings is 1. The van der Waals surface area contributed by atoms with Crippen molar-refractivity contribution in [2.75, 3.05) is 0 Å². The van der Waals surface area contributed by atoms with Crippen molar-refractivity contribution in [2.45, 2.75) is 85.7 Å². The van der Waals surface area contributed by atoms with Crippen LogP contribution >= 0.6 is 0 Å². The van der Waals surface area contributed by atoms with E-state index in [1.807, 2.05) is 38.1 Å². The Balaban J connectivity index is 1.85. The Labute approximate surface area is 224 Å². The van der Waals surface area contributed by atoms with Gasteiger partial charge in [-0.3, -0.25) is 9.78 Å². The molecule has 1 aliphatic rings. The first-order valence-electron chi connectivity index (χ1n) is 12.7. The number of esters is 1. The number of rotatable bonds is 8. The summed E-state index contributed by atoms with van der Waals surface area (Å²) < 4.78 is 17.0. The lowest BCUT2D eigenvalue weighted by Gasteiger charge is -2.30. The smallest absolute Gasteiger partial charge is 0.407 e. The molecule has 0 spiro atoms. The van der Waals surface area contributed by atoms with Gasteiger partial charge in [-0.15, -0.1) is 0 Å². The molecule has 1 atom stereocenters. The summed E-state index contributed by atoms with van der Waals surface area (Å²) in [5, 5.41) is 14.1. The van der Waals surface area contributed by atoms with E-state index >= 15 is 0 Å². The highest BCUT2D eigenvalue weighted by Gasteiger charge is 2.41. The third-order valence-corrected chi connectivity index (χ3v) is 6.00. The van der Waals surface area contributed by atoms with Gasteiger partial charge >= 0.3 is 12.1 Å². The topological polar surface area (TPSA) is 107 Å². The quantitative estimate of drug-likeness (QED) is 0.411. The molecule has 204 valence electrons. The number of carbonyl (C=O) groups excluding carboxylic acids is 2. The predicted octanol–water partition coefficient (Wildman–Crippen LogP) is 5.98. The van der Waals surface area contributed by atoms with Crippen LogP contribution in [0.5, 0.6) is 5.75 Å². The number of nitrogens with zero attached hydrogens (tertiary/aromatic N) is 1. The largest absolute Gasteiger partial charge is 0.507 e. The summed E-state index contributed by atoms with van der Waals surface area (Å²) in [6.07, 6.45) is 2.81. The molecule has 0 saturated carbocycles. The first-order valence-corrected chi connectivity index (χ1v) is 12.7. The molecule has 1 aromatic carbocycles. The molecule has 2 aromatic rings. The second-order valence-electron chi connectivity index (χ2n) is 10.9. The maximum absolute atomic E-state index is 12.4. The van der Waals surface area contributed by atoms with Crippen LogP contribution in [0.3, 0.4) is 0 Å². The van der Waals surface area contributed by atoms with Crippen molar-refractivity contribution >= 4 is 17.6 Å². The number of allylic oxidation sites excluding steroid dienone is 2. The van der Waals surface area contributed by atoms with Crippen molar-refractivity contribution < 1.29 is 28.9 Å². The molecule has 3 rings (SSSR count). The van der Waals surface area contributed by atoms with Crippen LogP contribution in [-0.4, -0.2) is 39.5 Å². The van der Waals surface area contributed by atoms with Gasteiger partial charge in [0.1, 0.15) is 17.1 Å². The molecule has 1 aliphatic carbocycles. The molecule has 1 aromatic heterocycles. The Morgan fingerprint density at radius 3 is 2.50 bits per heavy atom. The highest BCUT2D eigenvalue weighted by molar-refractivity contribution is 5.82. The first-order chi connectivity index (χ1) is 17.7. The van der Waals surface area contributed by atoms with Gasteiger partial charge in [0.15, 0.2) is 5.60 Å². The van der Waals surface area contributed by atoms with E-state index in [9.17, 15) is 14.7 Å². The lowest BCUT2D eigenvalue weighted by molar-refractivity contribution is -0.146. The van der Waals surface area contributed by atoms with Crippen molar-refractivity contribution in [2.24, 2.45) is 0 Å². The van der Waals surface area contributed by atoms with Crippen LogP contribution in [-0.2, 0) is 27.2 Å². The lowest BCUT2D eigenvalue weighted by Crippen LogP contribution is -2.35. The van der Waals surface area contributed by atoms with E-state index in [0.717, 1.165) is 16.7 Å². The zero-order chi connectivity index (χ0) is 28.3. The van der Waals surface area contributed by atoms with Crippen LogP contribution in [0.1, 0.15) is 70.9 Å². The number of aryl methyl sites for hydroxylation is 1. The Bertz CT molecular complexity index is 1270. The number of alkyl carbamates (subject to hydrolysis) is 1. The van der Waals surface area contributed by atoms with Crippen LogP contribution in [0.15, 0.2) is 53.9 Å². The Morgan fingerprint density at radius 2 is 1.84 bits per heavy atom. The van der Waals surface area contributed by atoms with Gasteiger partial charge in [-0.1, -0.05) is 12.1 Å². The van der Waals surface area contributed by atoms with Crippen molar-refractivity contribution in [3.8, 4) is 5.75 Å². The maximum atomic E-state index is 12.4. The van der Waals surface area contributed by atoms with Gasteiger partial charge in [-0.25, -0.2) is 4.79 Å². The fourth-order valence-electron chi connectivity index (χ4n) is 4.02. The van der Waals surface area contributed by atoms with Crippen molar-refractivity contribution in [1.82, 2.24) is 10.3 Å².